The predicted octanol–water partition coefficient (Wildman–Crippen LogP) is 3.09. The van der Waals surface area contributed by atoms with Gasteiger partial charge in [0.25, 0.3) is 0 Å². The van der Waals surface area contributed by atoms with Crippen molar-refractivity contribution in [2.75, 3.05) is 0 Å². The lowest BCUT2D eigenvalue weighted by Crippen LogP contribution is -2.11. The van der Waals surface area contributed by atoms with Crippen LogP contribution in [0.15, 0.2) is 64.4 Å². The molecule has 0 amide bonds. The zero-order chi connectivity index (χ0) is 16.7. The van der Waals surface area contributed by atoms with E-state index in [1.807, 2.05) is 54.6 Å². The molecule has 1 aliphatic heterocycles. The number of aromatic amines is 1. The molecule has 24 heavy (non-hydrogen) atoms. The largest absolute Gasteiger partial charge is 0.493 e. The first kappa shape index (κ1) is 14.3. The highest BCUT2D eigenvalue weighted by Crippen LogP contribution is 2.38. The van der Waals surface area contributed by atoms with Gasteiger partial charge in [-0.15, -0.1) is 0 Å². The minimum Gasteiger partial charge on any atom is -0.493 e. The van der Waals surface area contributed by atoms with E-state index in [1.165, 1.54) is 11.6 Å². The summed E-state index contributed by atoms with van der Waals surface area (Å²) in [5, 5.41) is 10.1. The number of H-pyrrole nitrogens is 1. The third kappa shape index (κ3) is 2.18. The number of aliphatic imine (C=N–C) groups is 1. The van der Waals surface area contributed by atoms with Crippen LogP contribution in [0.4, 0.5) is 5.69 Å². The first-order valence-electron chi connectivity index (χ1n) is 7.58. The molecule has 0 saturated carbocycles. The Bertz CT molecular complexity index is 1040. The maximum atomic E-state index is 11.7. The standard InChI is InChI=1S/C19H15N3O2/c1-22-18(23)16(21-19(22)24)11-14-13-9-5-6-10-15(13)20-17(14)12-7-3-2-4-8-12/h2-11,23H,1H3,(H,21,24)/b14-11+. The summed E-state index contributed by atoms with van der Waals surface area (Å²) < 4.78 is 1.17. The molecule has 2 aromatic carbocycles. The van der Waals surface area contributed by atoms with Crippen LogP contribution in [0.5, 0.6) is 5.88 Å². The molecule has 0 unspecified atom stereocenters. The van der Waals surface area contributed by atoms with Crippen molar-refractivity contribution in [1.82, 2.24) is 9.55 Å². The van der Waals surface area contributed by atoms with Crippen molar-refractivity contribution >= 4 is 23.0 Å². The van der Waals surface area contributed by atoms with E-state index in [1.54, 1.807) is 6.08 Å². The average molecular weight is 317 g/mol. The number of rotatable bonds is 2. The Labute approximate surface area is 138 Å². The van der Waals surface area contributed by atoms with E-state index >= 15 is 0 Å². The molecule has 0 aliphatic carbocycles. The molecule has 5 heteroatoms. The third-order valence-corrected chi connectivity index (χ3v) is 4.12. The van der Waals surface area contributed by atoms with Crippen LogP contribution in [-0.2, 0) is 7.05 Å². The second kappa shape index (κ2) is 5.38. The van der Waals surface area contributed by atoms with Crippen LogP contribution in [0, 0.1) is 0 Å². The fraction of sp³-hybridized carbons (Fsp3) is 0.0526. The summed E-state index contributed by atoms with van der Waals surface area (Å²) in [4.78, 5) is 19.1. The van der Waals surface area contributed by atoms with Crippen LogP contribution < -0.4 is 5.69 Å². The summed E-state index contributed by atoms with van der Waals surface area (Å²) in [5.41, 5.74) is 4.54. The number of para-hydroxylation sites is 1. The Balaban J connectivity index is 1.93. The summed E-state index contributed by atoms with van der Waals surface area (Å²) in [6.07, 6.45) is 1.77. The summed E-state index contributed by atoms with van der Waals surface area (Å²) in [7, 11) is 1.52. The minimum atomic E-state index is -0.358. The molecule has 0 atom stereocenters. The van der Waals surface area contributed by atoms with Gasteiger partial charge in [-0.05, 0) is 12.1 Å². The molecule has 0 saturated heterocycles. The Kier molecular flexibility index (Phi) is 3.20. The molecule has 2 heterocycles. The van der Waals surface area contributed by atoms with Crippen molar-refractivity contribution < 1.29 is 5.11 Å². The van der Waals surface area contributed by atoms with Gasteiger partial charge in [0.2, 0.25) is 5.88 Å². The number of imidazole rings is 1. The van der Waals surface area contributed by atoms with Gasteiger partial charge in [0.05, 0.1) is 11.4 Å². The van der Waals surface area contributed by atoms with Gasteiger partial charge in [-0.25, -0.2) is 9.79 Å². The Hall–Kier alpha value is -3.34. The maximum absolute atomic E-state index is 11.7. The van der Waals surface area contributed by atoms with Crippen molar-refractivity contribution in [3.8, 4) is 5.88 Å². The number of allylic oxidation sites excluding steroid dienone is 1. The third-order valence-electron chi connectivity index (χ3n) is 4.12. The van der Waals surface area contributed by atoms with E-state index in [4.69, 9.17) is 4.99 Å². The molecule has 0 bridgehead atoms. The number of nitrogens with one attached hydrogen (secondary N) is 1. The monoisotopic (exact) mass is 317 g/mol. The van der Waals surface area contributed by atoms with Crippen molar-refractivity contribution in [3.63, 3.8) is 0 Å². The van der Waals surface area contributed by atoms with Crippen molar-refractivity contribution in [2.45, 2.75) is 0 Å². The van der Waals surface area contributed by atoms with E-state index in [0.717, 1.165) is 28.1 Å². The minimum absolute atomic E-state index is 0.0932. The summed E-state index contributed by atoms with van der Waals surface area (Å²) in [6.45, 7) is 0. The summed E-state index contributed by atoms with van der Waals surface area (Å²) in [5.74, 6) is -0.0932. The summed E-state index contributed by atoms with van der Waals surface area (Å²) in [6, 6.07) is 17.7. The molecule has 0 spiro atoms. The predicted molar refractivity (Wildman–Crippen MR) is 94.7 cm³/mol. The van der Waals surface area contributed by atoms with Crippen molar-refractivity contribution in [2.24, 2.45) is 12.0 Å². The van der Waals surface area contributed by atoms with Gasteiger partial charge in [-0.1, -0.05) is 48.5 Å². The maximum Gasteiger partial charge on any atom is 0.328 e. The second-order valence-corrected chi connectivity index (χ2v) is 5.63. The van der Waals surface area contributed by atoms with Crippen molar-refractivity contribution in [1.29, 1.82) is 0 Å². The van der Waals surface area contributed by atoms with Crippen LogP contribution in [0.25, 0.3) is 11.6 Å². The van der Waals surface area contributed by atoms with Gasteiger partial charge in [-0.2, -0.15) is 0 Å². The number of aromatic nitrogens is 2. The number of aromatic hydroxyl groups is 1. The molecule has 1 aromatic heterocycles. The highest BCUT2D eigenvalue weighted by atomic mass is 16.3. The highest BCUT2D eigenvalue weighted by molar-refractivity contribution is 6.38. The Morgan fingerprint density at radius 3 is 2.50 bits per heavy atom. The van der Waals surface area contributed by atoms with E-state index in [0.29, 0.717) is 5.69 Å². The SMILES string of the molecule is Cn1c(O)c(/C=C2/C(c3ccccc3)=Nc3ccccc32)[nH]c1=O. The fourth-order valence-corrected chi connectivity index (χ4v) is 2.85. The van der Waals surface area contributed by atoms with Gasteiger partial charge in [0, 0.05) is 23.7 Å². The molecule has 2 N–H and O–H groups in total. The van der Waals surface area contributed by atoms with E-state index in [2.05, 4.69) is 4.98 Å². The van der Waals surface area contributed by atoms with Crippen LogP contribution in [0.3, 0.4) is 0 Å². The van der Waals surface area contributed by atoms with Gasteiger partial charge in [0.1, 0.15) is 5.69 Å². The molecule has 5 nitrogen and oxygen atoms in total. The lowest BCUT2D eigenvalue weighted by molar-refractivity contribution is 0.428. The first-order chi connectivity index (χ1) is 11.6. The molecule has 0 radical (unpaired) electrons. The highest BCUT2D eigenvalue weighted by Gasteiger charge is 2.22. The lowest BCUT2D eigenvalue weighted by Gasteiger charge is -2.05. The second-order valence-electron chi connectivity index (χ2n) is 5.63. The zero-order valence-corrected chi connectivity index (χ0v) is 13.0. The molecular weight excluding hydrogens is 302 g/mol. The molecule has 3 aromatic rings. The van der Waals surface area contributed by atoms with Gasteiger partial charge < -0.3 is 10.1 Å². The molecule has 4 rings (SSSR count). The topological polar surface area (TPSA) is 70.4 Å². The van der Waals surface area contributed by atoms with Crippen LogP contribution in [0.1, 0.15) is 16.8 Å². The van der Waals surface area contributed by atoms with Gasteiger partial charge >= 0.3 is 5.69 Å². The lowest BCUT2D eigenvalue weighted by atomic mass is 9.97. The van der Waals surface area contributed by atoms with Crippen LogP contribution >= 0.6 is 0 Å². The smallest absolute Gasteiger partial charge is 0.328 e. The molecule has 0 fully saturated rings. The van der Waals surface area contributed by atoms with E-state index in [9.17, 15) is 9.90 Å². The quantitative estimate of drug-likeness (QED) is 0.762. The number of nitrogens with zero attached hydrogens (tertiary/aromatic N) is 2. The molecule has 118 valence electrons. The van der Waals surface area contributed by atoms with E-state index < -0.39 is 0 Å². The fourth-order valence-electron chi connectivity index (χ4n) is 2.85. The average Bonchev–Trinajstić information content (AvgIpc) is 3.09. The molecular formula is C19H15N3O2. The van der Waals surface area contributed by atoms with Crippen molar-refractivity contribution in [3.05, 3.63) is 81.9 Å². The zero-order valence-electron chi connectivity index (χ0n) is 13.0. The molecule has 1 aliphatic rings. The van der Waals surface area contributed by atoms with E-state index in [-0.39, 0.29) is 11.6 Å². The van der Waals surface area contributed by atoms with Gasteiger partial charge in [0.15, 0.2) is 0 Å². The normalized spacial score (nSPS) is 14.7. The van der Waals surface area contributed by atoms with Crippen LogP contribution in [-0.4, -0.2) is 20.4 Å². The Morgan fingerprint density at radius 2 is 1.79 bits per heavy atom. The van der Waals surface area contributed by atoms with Crippen LogP contribution in [0.2, 0.25) is 0 Å². The summed E-state index contributed by atoms with van der Waals surface area (Å²) >= 11 is 0. The number of hydrogen-bond acceptors (Lipinski definition) is 3. The number of hydrogen-bond donors (Lipinski definition) is 2. The number of benzene rings is 2. The Morgan fingerprint density at radius 1 is 1.08 bits per heavy atom. The van der Waals surface area contributed by atoms with Gasteiger partial charge in [-0.3, -0.25) is 4.57 Å². The number of fused-ring (bicyclic) bond motifs is 1. The first-order valence-corrected chi connectivity index (χ1v) is 7.58.